The van der Waals surface area contributed by atoms with Gasteiger partial charge in [0.15, 0.2) is 17.2 Å². The van der Waals surface area contributed by atoms with Crippen LogP contribution in [0.3, 0.4) is 0 Å². The van der Waals surface area contributed by atoms with Gasteiger partial charge in [0.1, 0.15) is 19.5 Å². The van der Waals surface area contributed by atoms with Gasteiger partial charge >= 0.3 is 5.97 Å². The van der Waals surface area contributed by atoms with E-state index in [1.54, 1.807) is 19.2 Å². The Morgan fingerprint density at radius 3 is 2.78 bits per heavy atom. The summed E-state index contributed by atoms with van der Waals surface area (Å²) in [4.78, 5) is 21.6. The van der Waals surface area contributed by atoms with E-state index in [0.29, 0.717) is 40.6 Å². The molecular formula is C21H25N5O6. The fourth-order valence-corrected chi connectivity index (χ4v) is 3.56. The molecule has 0 amide bonds. The van der Waals surface area contributed by atoms with Gasteiger partial charge in [-0.05, 0) is 18.9 Å². The van der Waals surface area contributed by atoms with Crippen molar-refractivity contribution in [2.75, 3.05) is 33.4 Å². The van der Waals surface area contributed by atoms with E-state index in [1.165, 1.54) is 23.4 Å². The van der Waals surface area contributed by atoms with Crippen molar-refractivity contribution >= 4 is 16.9 Å². The number of rotatable bonds is 9. The van der Waals surface area contributed by atoms with E-state index in [2.05, 4.69) is 20.0 Å². The number of fused-ring (bicyclic) bond motifs is 1. The van der Waals surface area contributed by atoms with Crippen molar-refractivity contribution < 1.29 is 29.2 Å². The smallest absolute Gasteiger partial charge is 0.325 e. The predicted octanol–water partition coefficient (Wildman–Crippen LogP) is 1.55. The average Bonchev–Trinajstić information content (AvgIpc) is 3.21. The number of carbonyl (C=O) groups is 1. The first-order chi connectivity index (χ1) is 15.5. The second-order valence-electron chi connectivity index (χ2n) is 7.49. The summed E-state index contributed by atoms with van der Waals surface area (Å²) in [5.74, 6) is 0.741. The summed E-state index contributed by atoms with van der Waals surface area (Å²) in [5.41, 5.74) is 0.616. The maximum Gasteiger partial charge on any atom is 0.325 e. The Balaban J connectivity index is 1.48. The molecule has 1 fully saturated rings. The summed E-state index contributed by atoms with van der Waals surface area (Å²) in [6.45, 7) is 2.69. The van der Waals surface area contributed by atoms with E-state index in [4.69, 9.17) is 19.3 Å². The Morgan fingerprint density at radius 2 is 2.03 bits per heavy atom. The number of benzene rings is 1. The SMILES string of the molecule is COc1cc2c(Oc3cnn(CC(=O)O)c3)ncnc2cc1OCCN1CCC(O)CC1. The van der Waals surface area contributed by atoms with Crippen LogP contribution in [0, 0.1) is 0 Å². The topological polar surface area (TPSA) is 132 Å². The Hall–Kier alpha value is -3.44. The molecule has 1 saturated heterocycles. The number of piperidine rings is 1. The lowest BCUT2D eigenvalue weighted by molar-refractivity contribution is -0.137. The molecule has 0 spiro atoms. The maximum atomic E-state index is 10.8. The second kappa shape index (κ2) is 9.79. The van der Waals surface area contributed by atoms with E-state index in [-0.39, 0.29) is 12.6 Å². The number of nitrogens with zero attached hydrogens (tertiary/aromatic N) is 5. The Morgan fingerprint density at radius 1 is 1.22 bits per heavy atom. The molecule has 1 aromatic carbocycles. The lowest BCUT2D eigenvalue weighted by Gasteiger charge is -2.29. The van der Waals surface area contributed by atoms with Crippen molar-refractivity contribution in [3.8, 4) is 23.1 Å². The summed E-state index contributed by atoms with van der Waals surface area (Å²) in [6.07, 6.45) is 5.66. The number of methoxy groups -OCH3 is 1. The zero-order valence-electron chi connectivity index (χ0n) is 17.7. The van der Waals surface area contributed by atoms with Gasteiger partial charge in [0.2, 0.25) is 5.88 Å². The monoisotopic (exact) mass is 443 g/mol. The highest BCUT2D eigenvalue weighted by molar-refractivity contribution is 5.87. The Bertz CT molecular complexity index is 1080. The van der Waals surface area contributed by atoms with Gasteiger partial charge in [0.25, 0.3) is 0 Å². The minimum atomic E-state index is -0.998. The number of carboxylic acid groups (broad SMARTS) is 1. The Labute approximate surface area is 184 Å². The van der Waals surface area contributed by atoms with Gasteiger partial charge < -0.3 is 24.4 Å². The van der Waals surface area contributed by atoms with E-state index < -0.39 is 5.97 Å². The number of carboxylic acids is 1. The summed E-state index contributed by atoms with van der Waals surface area (Å²) >= 11 is 0. The van der Waals surface area contributed by atoms with Crippen LogP contribution in [-0.4, -0.2) is 80.3 Å². The zero-order chi connectivity index (χ0) is 22.5. The van der Waals surface area contributed by atoms with Crippen LogP contribution >= 0.6 is 0 Å². The molecule has 0 atom stereocenters. The number of hydrogen-bond acceptors (Lipinski definition) is 9. The molecule has 0 saturated carbocycles. The highest BCUT2D eigenvalue weighted by Gasteiger charge is 2.18. The summed E-state index contributed by atoms with van der Waals surface area (Å²) in [7, 11) is 1.56. The minimum Gasteiger partial charge on any atom is -0.493 e. The van der Waals surface area contributed by atoms with Crippen LogP contribution < -0.4 is 14.2 Å². The summed E-state index contributed by atoms with van der Waals surface area (Å²) in [6, 6.07) is 3.52. The molecule has 1 aliphatic heterocycles. The van der Waals surface area contributed by atoms with Crippen molar-refractivity contribution in [2.45, 2.75) is 25.5 Å². The number of aromatic nitrogens is 4. The van der Waals surface area contributed by atoms with Gasteiger partial charge in [-0.1, -0.05) is 0 Å². The predicted molar refractivity (Wildman–Crippen MR) is 113 cm³/mol. The average molecular weight is 443 g/mol. The molecule has 32 heavy (non-hydrogen) atoms. The van der Waals surface area contributed by atoms with Crippen molar-refractivity contribution in [2.24, 2.45) is 0 Å². The molecule has 3 aromatic rings. The third-order valence-corrected chi connectivity index (χ3v) is 5.23. The molecule has 4 rings (SSSR count). The molecule has 0 radical (unpaired) electrons. The standard InChI is InChI=1S/C21H25N5O6/c1-30-18-8-16-17(9-19(18)31-7-6-25-4-2-14(27)3-5-25)22-13-23-21(16)32-15-10-24-26(11-15)12-20(28)29/h8-11,13-14,27H,2-7,12H2,1H3,(H,28,29). The molecule has 0 unspecified atom stereocenters. The molecule has 0 aliphatic carbocycles. The van der Waals surface area contributed by atoms with E-state index in [1.807, 2.05) is 0 Å². The molecule has 11 nitrogen and oxygen atoms in total. The van der Waals surface area contributed by atoms with E-state index >= 15 is 0 Å². The molecule has 1 aliphatic rings. The van der Waals surface area contributed by atoms with Gasteiger partial charge in [-0.15, -0.1) is 0 Å². The first-order valence-corrected chi connectivity index (χ1v) is 10.3. The van der Waals surface area contributed by atoms with Gasteiger partial charge in [-0.25, -0.2) is 9.97 Å². The third-order valence-electron chi connectivity index (χ3n) is 5.23. The van der Waals surface area contributed by atoms with Crippen molar-refractivity contribution in [1.82, 2.24) is 24.6 Å². The fraction of sp³-hybridized carbons (Fsp3) is 0.429. The van der Waals surface area contributed by atoms with Crippen LogP contribution in [0.25, 0.3) is 10.9 Å². The third kappa shape index (κ3) is 5.24. The summed E-state index contributed by atoms with van der Waals surface area (Å²) < 4.78 is 18.5. The first kappa shape index (κ1) is 21.8. The zero-order valence-corrected chi connectivity index (χ0v) is 17.7. The van der Waals surface area contributed by atoms with Gasteiger partial charge in [-0.3, -0.25) is 14.4 Å². The fourth-order valence-electron chi connectivity index (χ4n) is 3.56. The maximum absolute atomic E-state index is 10.8. The molecule has 0 bridgehead atoms. The van der Waals surface area contributed by atoms with E-state index in [0.717, 1.165) is 32.5 Å². The lowest BCUT2D eigenvalue weighted by atomic mass is 10.1. The number of aliphatic carboxylic acids is 1. The van der Waals surface area contributed by atoms with Crippen LogP contribution in [-0.2, 0) is 11.3 Å². The van der Waals surface area contributed by atoms with Gasteiger partial charge in [0.05, 0.1) is 36.5 Å². The number of likely N-dealkylation sites (tertiary alicyclic amines) is 1. The lowest BCUT2D eigenvalue weighted by Crippen LogP contribution is -2.38. The number of aliphatic hydroxyl groups excluding tert-OH is 1. The number of ether oxygens (including phenoxy) is 3. The molecule has 11 heteroatoms. The molecule has 2 aromatic heterocycles. The largest absolute Gasteiger partial charge is 0.493 e. The normalized spacial score (nSPS) is 15.1. The molecular weight excluding hydrogens is 418 g/mol. The molecule has 170 valence electrons. The van der Waals surface area contributed by atoms with Crippen LogP contribution in [0.4, 0.5) is 0 Å². The number of aliphatic hydroxyl groups is 1. The quantitative estimate of drug-likeness (QED) is 0.502. The van der Waals surface area contributed by atoms with E-state index in [9.17, 15) is 9.90 Å². The molecule has 2 N–H and O–H groups in total. The van der Waals surface area contributed by atoms with Crippen LogP contribution in [0.15, 0.2) is 30.9 Å². The van der Waals surface area contributed by atoms with Crippen molar-refractivity contribution in [3.05, 3.63) is 30.9 Å². The van der Waals surface area contributed by atoms with Gasteiger partial charge in [-0.2, -0.15) is 5.10 Å². The molecule has 3 heterocycles. The van der Waals surface area contributed by atoms with Crippen LogP contribution in [0.1, 0.15) is 12.8 Å². The minimum absolute atomic E-state index is 0.199. The highest BCUT2D eigenvalue weighted by Crippen LogP contribution is 2.36. The Kier molecular flexibility index (Phi) is 6.66. The van der Waals surface area contributed by atoms with Gasteiger partial charge in [0, 0.05) is 25.7 Å². The van der Waals surface area contributed by atoms with Crippen LogP contribution in [0.5, 0.6) is 23.1 Å². The van der Waals surface area contributed by atoms with Crippen molar-refractivity contribution in [3.63, 3.8) is 0 Å². The number of hydrogen-bond donors (Lipinski definition) is 2. The first-order valence-electron chi connectivity index (χ1n) is 10.3. The van der Waals surface area contributed by atoms with Crippen molar-refractivity contribution in [1.29, 1.82) is 0 Å². The second-order valence-corrected chi connectivity index (χ2v) is 7.49. The highest BCUT2D eigenvalue weighted by atomic mass is 16.5. The van der Waals surface area contributed by atoms with Crippen LogP contribution in [0.2, 0.25) is 0 Å². The summed E-state index contributed by atoms with van der Waals surface area (Å²) in [5, 5.41) is 23.1.